The lowest BCUT2D eigenvalue weighted by molar-refractivity contribution is -0.385. The van der Waals surface area contributed by atoms with Crippen LogP contribution in [0.25, 0.3) is 0 Å². The van der Waals surface area contributed by atoms with Gasteiger partial charge in [-0.2, -0.15) is 5.26 Å². The molecule has 0 aromatic heterocycles. The van der Waals surface area contributed by atoms with Crippen LogP contribution in [-0.4, -0.2) is 4.92 Å². The van der Waals surface area contributed by atoms with Gasteiger partial charge in [0.15, 0.2) is 0 Å². The van der Waals surface area contributed by atoms with Crippen molar-refractivity contribution in [3.05, 3.63) is 63.7 Å². The Morgan fingerprint density at radius 1 is 1.25 bits per heavy atom. The van der Waals surface area contributed by atoms with Crippen LogP contribution in [-0.2, 0) is 5.88 Å². The second-order valence-electron chi connectivity index (χ2n) is 3.92. The molecule has 0 aliphatic rings. The standard InChI is InChI=1S/C14H9ClN2O3/c15-8-11-7-13(4-5-14(11)17(18)19)20-12-3-1-2-10(6-12)9-16/h1-7H,8H2. The van der Waals surface area contributed by atoms with Crippen LogP contribution in [0.15, 0.2) is 42.5 Å². The summed E-state index contributed by atoms with van der Waals surface area (Å²) in [6.45, 7) is 0. The Morgan fingerprint density at radius 3 is 2.65 bits per heavy atom. The van der Waals surface area contributed by atoms with E-state index in [1.807, 2.05) is 6.07 Å². The number of alkyl halides is 1. The molecule has 0 saturated heterocycles. The first-order valence-electron chi connectivity index (χ1n) is 5.65. The fourth-order valence-corrected chi connectivity index (χ4v) is 1.89. The molecular formula is C14H9ClN2O3. The summed E-state index contributed by atoms with van der Waals surface area (Å²) in [4.78, 5) is 10.3. The lowest BCUT2D eigenvalue weighted by Gasteiger charge is -2.07. The molecule has 0 bridgehead atoms. The van der Waals surface area contributed by atoms with E-state index in [9.17, 15) is 10.1 Å². The van der Waals surface area contributed by atoms with E-state index in [4.69, 9.17) is 21.6 Å². The van der Waals surface area contributed by atoms with Crippen molar-refractivity contribution in [1.29, 1.82) is 5.26 Å². The summed E-state index contributed by atoms with van der Waals surface area (Å²) in [6.07, 6.45) is 0. The van der Waals surface area contributed by atoms with E-state index in [-0.39, 0.29) is 11.6 Å². The molecule has 100 valence electrons. The number of rotatable bonds is 4. The molecule has 2 aromatic rings. The smallest absolute Gasteiger partial charge is 0.274 e. The summed E-state index contributed by atoms with van der Waals surface area (Å²) in [5.41, 5.74) is 0.811. The van der Waals surface area contributed by atoms with Crippen molar-refractivity contribution in [3.63, 3.8) is 0 Å². The van der Waals surface area contributed by atoms with E-state index in [1.165, 1.54) is 18.2 Å². The third-order valence-corrected chi connectivity index (χ3v) is 2.88. The maximum Gasteiger partial charge on any atom is 0.274 e. The second kappa shape index (κ2) is 6.04. The topological polar surface area (TPSA) is 76.2 Å². The first kappa shape index (κ1) is 13.8. The summed E-state index contributed by atoms with van der Waals surface area (Å²) < 4.78 is 5.57. The van der Waals surface area contributed by atoms with Crippen molar-refractivity contribution in [2.24, 2.45) is 0 Å². The minimum atomic E-state index is -0.488. The summed E-state index contributed by atoms with van der Waals surface area (Å²) in [7, 11) is 0. The molecule has 0 spiro atoms. The average molecular weight is 289 g/mol. The minimum Gasteiger partial charge on any atom is -0.457 e. The van der Waals surface area contributed by atoms with Crippen molar-refractivity contribution < 1.29 is 9.66 Å². The van der Waals surface area contributed by atoms with Crippen molar-refractivity contribution in [2.45, 2.75) is 5.88 Å². The molecule has 0 N–H and O–H groups in total. The summed E-state index contributed by atoms with van der Waals surface area (Å²) in [5, 5.41) is 19.6. The molecule has 0 unspecified atom stereocenters. The Bertz CT molecular complexity index is 695. The molecule has 0 fully saturated rings. The van der Waals surface area contributed by atoms with Crippen LogP contribution < -0.4 is 4.74 Å². The summed E-state index contributed by atoms with van der Waals surface area (Å²) >= 11 is 5.70. The van der Waals surface area contributed by atoms with Gasteiger partial charge < -0.3 is 4.74 Å². The Labute approximate surface area is 120 Å². The largest absolute Gasteiger partial charge is 0.457 e. The van der Waals surface area contributed by atoms with Crippen molar-refractivity contribution in [3.8, 4) is 17.6 Å². The predicted molar refractivity (Wildman–Crippen MR) is 73.9 cm³/mol. The average Bonchev–Trinajstić information content (AvgIpc) is 2.47. The highest BCUT2D eigenvalue weighted by atomic mass is 35.5. The van der Waals surface area contributed by atoms with Gasteiger partial charge in [-0.05, 0) is 30.3 Å². The van der Waals surface area contributed by atoms with Crippen LogP contribution in [0.2, 0.25) is 0 Å². The molecule has 2 aromatic carbocycles. The number of nitro groups is 1. The van der Waals surface area contributed by atoms with Crippen LogP contribution in [0.4, 0.5) is 5.69 Å². The van der Waals surface area contributed by atoms with Gasteiger partial charge in [0.25, 0.3) is 5.69 Å². The van der Waals surface area contributed by atoms with Gasteiger partial charge in [-0.15, -0.1) is 11.6 Å². The lowest BCUT2D eigenvalue weighted by Crippen LogP contribution is -1.94. The Morgan fingerprint density at radius 2 is 2.00 bits per heavy atom. The number of nitrogens with zero attached hydrogens (tertiary/aromatic N) is 2. The Hall–Kier alpha value is -2.58. The number of halogens is 1. The highest BCUT2D eigenvalue weighted by molar-refractivity contribution is 6.17. The van der Waals surface area contributed by atoms with Gasteiger partial charge in [0, 0.05) is 11.6 Å². The molecule has 2 rings (SSSR count). The molecule has 5 nitrogen and oxygen atoms in total. The van der Waals surface area contributed by atoms with Gasteiger partial charge >= 0.3 is 0 Å². The molecule has 0 heterocycles. The van der Waals surface area contributed by atoms with E-state index >= 15 is 0 Å². The molecule has 0 saturated carbocycles. The third kappa shape index (κ3) is 3.05. The third-order valence-electron chi connectivity index (χ3n) is 2.59. The zero-order chi connectivity index (χ0) is 14.5. The maximum absolute atomic E-state index is 10.8. The van der Waals surface area contributed by atoms with Crippen molar-refractivity contribution >= 4 is 17.3 Å². The van der Waals surface area contributed by atoms with E-state index in [0.29, 0.717) is 22.6 Å². The molecule has 0 atom stereocenters. The van der Waals surface area contributed by atoms with Crippen LogP contribution in [0, 0.1) is 21.4 Å². The first-order chi connectivity index (χ1) is 9.63. The van der Waals surface area contributed by atoms with Gasteiger partial charge in [0.1, 0.15) is 11.5 Å². The fourth-order valence-electron chi connectivity index (χ4n) is 1.68. The SMILES string of the molecule is N#Cc1cccc(Oc2ccc([N+](=O)[O-])c(CCl)c2)c1. The van der Waals surface area contributed by atoms with Crippen LogP contribution in [0.3, 0.4) is 0 Å². The number of ether oxygens (including phenoxy) is 1. The molecule has 20 heavy (non-hydrogen) atoms. The molecule has 0 aliphatic carbocycles. The molecule has 0 amide bonds. The van der Waals surface area contributed by atoms with Crippen LogP contribution in [0.1, 0.15) is 11.1 Å². The van der Waals surface area contributed by atoms with Gasteiger partial charge in [-0.25, -0.2) is 0 Å². The van der Waals surface area contributed by atoms with Gasteiger partial charge in [-0.1, -0.05) is 6.07 Å². The fraction of sp³-hybridized carbons (Fsp3) is 0.0714. The monoisotopic (exact) mass is 288 g/mol. The Balaban J connectivity index is 2.30. The quantitative estimate of drug-likeness (QED) is 0.484. The molecule has 0 aliphatic heterocycles. The van der Waals surface area contributed by atoms with E-state index in [1.54, 1.807) is 24.3 Å². The lowest BCUT2D eigenvalue weighted by atomic mass is 10.2. The second-order valence-corrected chi connectivity index (χ2v) is 4.19. The number of hydrogen-bond donors (Lipinski definition) is 0. The normalized spacial score (nSPS) is 9.80. The van der Waals surface area contributed by atoms with Crippen LogP contribution in [0.5, 0.6) is 11.5 Å². The van der Waals surface area contributed by atoms with E-state index in [0.717, 1.165) is 0 Å². The highest BCUT2D eigenvalue weighted by Gasteiger charge is 2.14. The number of benzene rings is 2. The zero-order valence-electron chi connectivity index (χ0n) is 10.2. The highest BCUT2D eigenvalue weighted by Crippen LogP contribution is 2.28. The summed E-state index contributed by atoms with van der Waals surface area (Å²) in [5.74, 6) is 0.936. The van der Waals surface area contributed by atoms with Gasteiger partial charge in [0.05, 0.1) is 22.4 Å². The maximum atomic E-state index is 10.8. The number of hydrogen-bond acceptors (Lipinski definition) is 4. The number of nitriles is 1. The van der Waals surface area contributed by atoms with Gasteiger partial charge in [-0.3, -0.25) is 10.1 Å². The summed E-state index contributed by atoms with van der Waals surface area (Å²) in [6, 6.07) is 13.0. The van der Waals surface area contributed by atoms with Crippen molar-refractivity contribution in [1.82, 2.24) is 0 Å². The number of nitro benzene ring substituents is 1. The van der Waals surface area contributed by atoms with Gasteiger partial charge in [0.2, 0.25) is 0 Å². The van der Waals surface area contributed by atoms with E-state index in [2.05, 4.69) is 0 Å². The molecule has 6 heteroatoms. The molecule has 0 radical (unpaired) electrons. The Kier molecular flexibility index (Phi) is 4.18. The van der Waals surface area contributed by atoms with Crippen molar-refractivity contribution in [2.75, 3.05) is 0 Å². The van der Waals surface area contributed by atoms with Crippen LogP contribution >= 0.6 is 11.6 Å². The zero-order valence-corrected chi connectivity index (χ0v) is 11.0. The molecular weight excluding hydrogens is 280 g/mol. The van der Waals surface area contributed by atoms with E-state index < -0.39 is 4.92 Å². The minimum absolute atomic E-state index is 0.0196. The predicted octanol–water partition coefficient (Wildman–Crippen LogP) is 4.00. The first-order valence-corrected chi connectivity index (χ1v) is 6.19.